The van der Waals surface area contributed by atoms with E-state index in [0.29, 0.717) is 0 Å². The smallest absolute Gasteiger partial charge is 0.136 e. The second kappa shape index (κ2) is 5.28. The summed E-state index contributed by atoms with van der Waals surface area (Å²) in [7, 11) is 0. The number of furan rings is 1. The van der Waals surface area contributed by atoms with E-state index in [1.807, 2.05) is 38.2 Å². The van der Waals surface area contributed by atoms with Crippen molar-refractivity contribution in [3.8, 4) is 0 Å². The lowest BCUT2D eigenvalue weighted by molar-refractivity contribution is 0.546. The molecule has 0 atom stereocenters. The van der Waals surface area contributed by atoms with Gasteiger partial charge in [0.25, 0.3) is 0 Å². The van der Waals surface area contributed by atoms with Crippen molar-refractivity contribution in [3.63, 3.8) is 0 Å². The summed E-state index contributed by atoms with van der Waals surface area (Å²) >= 11 is 4.42. The zero-order valence-electron chi connectivity index (χ0n) is 10.1. The normalized spacial score (nSPS) is 15.4. The minimum Gasteiger partial charge on any atom is -0.456 e. The number of fused-ring (bicyclic) bond motifs is 1. The Morgan fingerprint density at radius 2 is 2.00 bits per heavy atom. The van der Waals surface area contributed by atoms with Crippen molar-refractivity contribution >= 4 is 36.9 Å². The lowest BCUT2D eigenvalue weighted by atomic mass is 10.1. The highest BCUT2D eigenvalue weighted by Gasteiger charge is 2.14. The molecule has 0 unspecified atom stereocenters. The summed E-state index contributed by atoms with van der Waals surface area (Å²) in [6, 6.07) is 0. The topological polar surface area (TPSA) is 13.1 Å². The van der Waals surface area contributed by atoms with Gasteiger partial charge in [-0.1, -0.05) is 30.4 Å². The van der Waals surface area contributed by atoms with Crippen molar-refractivity contribution in [2.24, 2.45) is 0 Å². The van der Waals surface area contributed by atoms with Crippen molar-refractivity contribution < 1.29 is 4.42 Å². The van der Waals surface area contributed by atoms with Crippen LogP contribution in [0.1, 0.15) is 42.9 Å². The van der Waals surface area contributed by atoms with E-state index in [0.717, 1.165) is 34.0 Å². The van der Waals surface area contributed by atoms with Crippen LogP contribution in [0.4, 0.5) is 0 Å². The summed E-state index contributed by atoms with van der Waals surface area (Å²) in [6.45, 7) is 4.00. The summed E-state index contributed by atoms with van der Waals surface area (Å²) in [6.07, 6.45) is 15.2. The van der Waals surface area contributed by atoms with Crippen LogP contribution >= 0.6 is 12.6 Å². The van der Waals surface area contributed by atoms with E-state index in [4.69, 9.17) is 4.42 Å². The average molecular weight is 244 g/mol. The second-order valence-electron chi connectivity index (χ2n) is 3.90. The maximum Gasteiger partial charge on any atom is 0.136 e. The molecule has 0 saturated carbocycles. The summed E-state index contributed by atoms with van der Waals surface area (Å²) in [5.41, 5.74) is 2.27. The van der Waals surface area contributed by atoms with Crippen molar-refractivity contribution in [1.82, 2.24) is 0 Å². The third-order valence-corrected chi connectivity index (χ3v) is 2.91. The molecule has 1 aromatic heterocycles. The number of thiol groups is 1. The van der Waals surface area contributed by atoms with Crippen LogP contribution in [0.25, 0.3) is 24.3 Å². The van der Waals surface area contributed by atoms with Crippen LogP contribution in [0.3, 0.4) is 0 Å². The van der Waals surface area contributed by atoms with E-state index in [9.17, 15) is 0 Å². The molecule has 0 N–H and O–H groups in total. The lowest BCUT2D eigenvalue weighted by Gasteiger charge is -1.92. The fourth-order valence-electron chi connectivity index (χ4n) is 1.89. The molecule has 17 heavy (non-hydrogen) atoms. The molecule has 0 aliphatic heterocycles. The van der Waals surface area contributed by atoms with Gasteiger partial charge >= 0.3 is 0 Å². The van der Waals surface area contributed by atoms with Crippen LogP contribution in [0.2, 0.25) is 0 Å². The molecule has 0 spiro atoms. The highest BCUT2D eigenvalue weighted by atomic mass is 32.1. The van der Waals surface area contributed by atoms with Gasteiger partial charge in [-0.25, -0.2) is 0 Å². The van der Waals surface area contributed by atoms with Crippen LogP contribution in [0.5, 0.6) is 0 Å². The molecular weight excluding hydrogens is 228 g/mol. The molecule has 2 rings (SSSR count). The Morgan fingerprint density at radius 3 is 2.71 bits per heavy atom. The summed E-state index contributed by atoms with van der Waals surface area (Å²) in [4.78, 5) is 1.02. The summed E-state index contributed by atoms with van der Waals surface area (Å²) in [5, 5.41) is 0. The van der Waals surface area contributed by atoms with Gasteiger partial charge in [0.15, 0.2) is 0 Å². The fourth-order valence-corrected chi connectivity index (χ4v) is 2.12. The van der Waals surface area contributed by atoms with E-state index in [-0.39, 0.29) is 0 Å². The Kier molecular flexibility index (Phi) is 3.75. The molecule has 1 aromatic rings. The Bertz CT molecular complexity index is 527. The van der Waals surface area contributed by atoms with Crippen molar-refractivity contribution in [1.29, 1.82) is 0 Å². The second-order valence-corrected chi connectivity index (χ2v) is 4.47. The van der Waals surface area contributed by atoms with Gasteiger partial charge in [-0.3, -0.25) is 0 Å². The zero-order chi connectivity index (χ0) is 12.3. The first kappa shape index (κ1) is 12.1. The van der Waals surface area contributed by atoms with Gasteiger partial charge in [0.2, 0.25) is 0 Å². The van der Waals surface area contributed by atoms with Crippen LogP contribution in [0.15, 0.2) is 27.6 Å². The quantitative estimate of drug-likeness (QED) is 0.720. The minimum atomic E-state index is 0.863. The van der Waals surface area contributed by atoms with Gasteiger partial charge in [-0.05, 0) is 37.3 Å². The van der Waals surface area contributed by atoms with E-state index in [2.05, 4.69) is 30.9 Å². The molecule has 0 radical (unpaired) electrons. The largest absolute Gasteiger partial charge is 0.456 e. The van der Waals surface area contributed by atoms with Crippen LogP contribution in [-0.2, 0) is 0 Å². The number of hydrogen-bond acceptors (Lipinski definition) is 2. The van der Waals surface area contributed by atoms with E-state index in [1.165, 1.54) is 0 Å². The molecule has 0 saturated heterocycles. The molecule has 1 heterocycles. The number of hydrogen-bond donors (Lipinski definition) is 1. The van der Waals surface area contributed by atoms with Crippen LogP contribution in [0, 0.1) is 0 Å². The van der Waals surface area contributed by atoms with Crippen molar-refractivity contribution in [2.75, 3.05) is 0 Å². The Morgan fingerprint density at radius 1 is 1.24 bits per heavy atom. The third-order valence-electron chi connectivity index (χ3n) is 2.60. The Labute approximate surface area is 108 Å². The minimum absolute atomic E-state index is 0.863. The molecule has 0 bridgehead atoms. The van der Waals surface area contributed by atoms with Crippen molar-refractivity contribution in [3.05, 3.63) is 45.8 Å². The van der Waals surface area contributed by atoms with Gasteiger partial charge < -0.3 is 4.42 Å². The van der Waals surface area contributed by atoms with Gasteiger partial charge in [0.1, 0.15) is 11.5 Å². The van der Waals surface area contributed by atoms with E-state index >= 15 is 0 Å². The molecule has 0 amide bonds. The van der Waals surface area contributed by atoms with Gasteiger partial charge in [0, 0.05) is 11.1 Å². The maximum absolute atomic E-state index is 5.87. The average Bonchev–Trinajstić information content (AvgIpc) is 2.49. The van der Waals surface area contributed by atoms with E-state index < -0.39 is 0 Å². The maximum atomic E-state index is 5.87. The third kappa shape index (κ3) is 2.47. The molecule has 88 valence electrons. The lowest BCUT2D eigenvalue weighted by Crippen LogP contribution is -1.77. The SMILES string of the molecule is C/C=C\c1oc2c(c1/C=C\C)C=CCC(S)=C2. The van der Waals surface area contributed by atoms with Gasteiger partial charge in [-0.15, -0.1) is 12.6 Å². The molecule has 0 fully saturated rings. The molecular formula is C15H16OS. The van der Waals surface area contributed by atoms with E-state index in [1.54, 1.807) is 0 Å². The van der Waals surface area contributed by atoms with Crippen molar-refractivity contribution in [2.45, 2.75) is 20.3 Å². The molecule has 1 nitrogen and oxygen atoms in total. The Hall–Kier alpha value is -1.41. The molecule has 2 heteroatoms. The molecule has 1 aliphatic carbocycles. The summed E-state index contributed by atoms with van der Waals surface area (Å²) in [5.74, 6) is 1.80. The molecule has 0 aromatic carbocycles. The first-order valence-electron chi connectivity index (χ1n) is 5.74. The number of allylic oxidation sites excluding steroid dienone is 4. The van der Waals surface area contributed by atoms with Crippen LogP contribution in [-0.4, -0.2) is 0 Å². The number of rotatable bonds is 2. The predicted molar refractivity (Wildman–Crippen MR) is 78.7 cm³/mol. The highest BCUT2D eigenvalue weighted by Crippen LogP contribution is 2.32. The molecule has 1 aliphatic rings. The first-order chi connectivity index (χ1) is 8.26. The predicted octanol–water partition coefficient (Wildman–Crippen LogP) is 5.03. The van der Waals surface area contributed by atoms with Gasteiger partial charge in [0.05, 0.1) is 0 Å². The zero-order valence-corrected chi connectivity index (χ0v) is 11.0. The summed E-state index contributed by atoms with van der Waals surface area (Å²) < 4.78 is 5.87. The van der Waals surface area contributed by atoms with Gasteiger partial charge in [-0.2, -0.15) is 0 Å². The Balaban J connectivity index is 2.64. The van der Waals surface area contributed by atoms with Crippen LogP contribution < -0.4 is 0 Å². The fraction of sp³-hybridized carbons (Fsp3) is 0.200. The highest BCUT2D eigenvalue weighted by molar-refractivity contribution is 7.84. The monoisotopic (exact) mass is 244 g/mol. The first-order valence-corrected chi connectivity index (χ1v) is 6.19. The standard InChI is InChI=1S/C15H16OS/c1-3-6-12-13-9-5-8-11(17)10-15(13)16-14(12)7-4-2/h3-7,9-10,17H,8H2,1-2H3/b6-3-,7-4-.